The van der Waals surface area contributed by atoms with Gasteiger partial charge in [-0.2, -0.15) is 8.78 Å². The summed E-state index contributed by atoms with van der Waals surface area (Å²) in [6, 6.07) is 3.59. The first-order valence-electron chi connectivity index (χ1n) is 3.70. The molecule has 14 heavy (non-hydrogen) atoms. The van der Waals surface area contributed by atoms with E-state index in [1.807, 2.05) is 0 Å². The summed E-state index contributed by atoms with van der Waals surface area (Å²) in [7, 11) is 0. The summed E-state index contributed by atoms with van der Waals surface area (Å²) in [5.41, 5.74) is 0.166. The quantitative estimate of drug-likeness (QED) is 0.560. The molecule has 6 heteroatoms. The van der Waals surface area contributed by atoms with Crippen molar-refractivity contribution in [2.24, 2.45) is 0 Å². The lowest BCUT2D eigenvalue weighted by Crippen LogP contribution is -2.02. The second-order valence-electron chi connectivity index (χ2n) is 2.58. The van der Waals surface area contributed by atoms with Gasteiger partial charge in [0.05, 0.1) is 11.0 Å². The standard InChI is InChI=1S/C8H7F2NO3/c1-5-2-3-6(14-8(9)10)4-7(5)11(12)13/h2-4,8H,1H3. The Bertz CT molecular complexity index is 354. The molecule has 0 saturated heterocycles. The van der Waals surface area contributed by atoms with Gasteiger partial charge in [0, 0.05) is 5.56 Å². The van der Waals surface area contributed by atoms with Gasteiger partial charge in [-0.25, -0.2) is 0 Å². The topological polar surface area (TPSA) is 52.4 Å². The fraction of sp³-hybridized carbons (Fsp3) is 0.250. The molecule has 0 aliphatic rings. The van der Waals surface area contributed by atoms with Gasteiger partial charge in [-0.05, 0) is 19.1 Å². The fourth-order valence-corrected chi connectivity index (χ4v) is 0.962. The molecule has 0 bridgehead atoms. The van der Waals surface area contributed by atoms with E-state index >= 15 is 0 Å². The molecule has 0 fully saturated rings. The van der Waals surface area contributed by atoms with Gasteiger partial charge >= 0.3 is 6.61 Å². The van der Waals surface area contributed by atoms with Gasteiger partial charge in [0.2, 0.25) is 0 Å². The number of aryl methyl sites for hydroxylation is 1. The molecule has 76 valence electrons. The summed E-state index contributed by atoms with van der Waals surface area (Å²) in [6.07, 6.45) is 0. The van der Waals surface area contributed by atoms with Crippen LogP contribution in [-0.2, 0) is 0 Å². The van der Waals surface area contributed by atoms with Gasteiger partial charge in [0.25, 0.3) is 5.69 Å². The Balaban J connectivity index is 3.00. The normalized spacial score (nSPS) is 10.3. The van der Waals surface area contributed by atoms with E-state index in [9.17, 15) is 18.9 Å². The lowest BCUT2D eigenvalue weighted by atomic mass is 10.2. The number of halogens is 2. The first-order valence-corrected chi connectivity index (χ1v) is 3.70. The zero-order valence-electron chi connectivity index (χ0n) is 7.24. The predicted octanol–water partition coefficient (Wildman–Crippen LogP) is 2.50. The molecule has 0 atom stereocenters. The van der Waals surface area contributed by atoms with Crippen LogP contribution in [0, 0.1) is 17.0 Å². The lowest BCUT2D eigenvalue weighted by Gasteiger charge is -2.04. The van der Waals surface area contributed by atoms with Gasteiger partial charge in [-0.15, -0.1) is 0 Å². The molecule has 0 unspecified atom stereocenters. The number of hydrogen-bond donors (Lipinski definition) is 0. The number of ether oxygens (including phenoxy) is 1. The number of nitro groups is 1. The number of rotatable bonds is 3. The minimum atomic E-state index is -2.97. The smallest absolute Gasteiger partial charge is 0.387 e. The zero-order valence-corrected chi connectivity index (χ0v) is 7.24. The maximum Gasteiger partial charge on any atom is 0.387 e. The molecule has 0 spiro atoms. The van der Waals surface area contributed by atoms with Crippen LogP contribution in [-0.4, -0.2) is 11.5 Å². The third-order valence-corrected chi connectivity index (χ3v) is 1.60. The summed E-state index contributed by atoms with van der Waals surface area (Å²) in [4.78, 5) is 9.78. The molecule has 1 aromatic carbocycles. The number of nitrogens with zero attached hydrogens (tertiary/aromatic N) is 1. The molecular formula is C8H7F2NO3. The van der Waals surface area contributed by atoms with Crippen LogP contribution < -0.4 is 4.74 Å². The van der Waals surface area contributed by atoms with Crippen LogP contribution in [0.5, 0.6) is 5.75 Å². The second-order valence-corrected chi connectivity index (χ2v) is 2.58. The van der Waals surface area contributed by atoms with Crippen molar-refractivity contribution in [2.45, 2.75) is 13.5 Å². The second kappa shape index (κ2) is 3.99. The molecule has 0 radical (unpaired) electrons. The molecule has 1 rings (SSSR count). The monoisotopic (exact) mass is 203 g/mol. The Kier molecular flexibility index (Phi) is 2.95. The highest BCUT2D eigenvalue weighted by Crippen LogP contribution is 2.24. The molecule has 0 N–H and O–H groups in total. The number of benzene rings is 1. The van der Waals surface area contributed by atoms with Crippen molar-refractivity contribution in [1.29, 1.82) is 0 Å². The zero-order chi connectivity index (χ0) is 10.7. The lowest BCUT2D eigenvalue weighted by molar-refractivity contribution is -0.385. The fourth-order valence-electron chi connectivity index (χ4n) is 0.962. The maximum atomic E-state index is 11.8. The SMILES string of the molecule is Cc1ccc(OC(F)F)cc1[N+](=O)[O-]. The molecule has 0 amide bonds. The van der Waals surface area contributed by atoms with E-state index in [4.69, 9.17) is 0 Å². The molecular weight excluding hydrogens is 196 g/mol. The average Bonchev–Trinajstić information content (AvgIpc) is 2.07. The Morgan fingerprint density at radius 1 is 1.50 bits per heavy atom. The predicted molar refractivity (Wildman–Crippen MR) is 44.5 cm³/mol. The van der Waals surface area contributed by atoms with Crippen molar-refractivity contribution in [3.05, 3.63) is 33.9 Å². The van der Waals surface area contributed by atoms with E-state index in [1.54, 1.807) is 0 Å². The van der Waals surface area contributed by atoms with Gasteiger partial charge < -0.3 is 4.74 Å². The van der Waals surface area contributed by atoms with E-state index in [1.165, 1.54) is 19.1 Å². The van der Waals surface area contributed by atoms with Crippen molar-refractivity contribution in [3.8, 4) is 5.75 Å². The third kappa shape index (κ3) is 2.38. The van der Waals surface area contributed by atoms with E-state index in [0.29, 0.717) is 5.56 Å². The Morgan fingerprint density at radius 3 is 2.64 bits per heavy atom. The summed E-state index contributed by atoms with van der Waals surface area (Å²) < 4.78 is 27.5. The number of nitro benzene ring substituents is 1. The minimum Gasteiger partial charge on any atom is -0.435 e. The molecule has 0 saturated carbocycles. The summed E-state index contributed by atoms with van der Waals surface area (Å²) in [5.74, 6) is -0.211. The van der Waals surface area contributed by atoms with Crippen LogP contribution in [0.3, 0.4) is 0 Å². The first-order chi connectivity index (χ1) is 6.50. The van der Waals surface area contributed by atoms with Crippen molar-refractivity contribution in [3.63, 3.8) is 0 Å². The van der Waals surface area contributed by atoms with Crippen LogP contribution >= 0.6 is 0 Å². The Morgan fingerprint density at radius 2 is 2.14 bits per heavy atom. The van der Waals surface area contributed by atoms with Crippen molar-refractivity contribution in [2.75, 3.05) is 0 Å². The summed E-state index contributed by atoms with van der Waals surface area (Å²) in [5, 5.41) is 10.4. The summed E-state index contributed by atoms with van der Waals surface area (Å²) >= 11 is 0. The van der Waals surface area contributed by atoms with E-state index in [-0.39, 0.29) is 11.4 Å². The molecule has 4 nitrogen and oxygen atoms in total. The van der Waals surface area contributed by atoms with Crippen molar-refractivity contribution < 1.29 is 18.4 Å². The highest BCUT2D eigenvalue weighted by atomic mass is 19.3. The maximum absolute atomic E-state index is 11.8. The van der Waals surface area contributed by atoms with Crippen molar-refractivity contribution in [1.82, 2.24) is 0 Å². The molecule has 0 heterocycles. The summed E-state index contributed by atoms with van der Waals surface area (Å²) in [6.45, 7) is -1.46. The van der Waals surface area contributed by atoms with Gasteiger partial charge in [0.1, 0.15) is 5.75 Å². The molecule has 0 aromatic heterocycles. The Hall–Kier alpha value is -1.72. The molecule has 0 aliphatic carbocycles. The van der Waals surface area contributed by atoms with Crippen LogP contribution in [0.15, 0.2) is 18.2 Å². The molecule has 1 aromatic rings. The largest absolute Gasteiger partial charge is 0.435 e. The molecule has 0 aliphatic heterocycles. The minimum absolute atomic E-state index is 0.211. The van der Waals surface area contributed by atoms with Crippen LogP contribution in [0.4, 0.5) is 14.5 Å². The van der Waals surface area contributed by atoms with E-state index in [0.717, 1.165) is 6.07 Å². The van der Waals surface area contributed by atoms with Gasteiger partial charge in [-0.3, -0.25) is 10.1 Å². The highest BCUT2D eigenvalue weighted by molar-refractivity contribution is 5.45. The Labute approximate surface area is 78.3 Å². The van der Waals surface area contributed by atoms with E-state index in [2.05, 4.69) is 4.74 Å². The number of hydrogen-bond acceptors (Lipinski definition) is 3. The highest BCUT2D eigenvalue weighted by Gasteiger charge is 2.13. The average molecular weight is 203 g/mol. The van der Waals surface area contributed by atoms with Gasteiger partial charge in [0.15, 0.2) is 0 Å². The number of alkyl halides is 2. The van der Waals surface area contributed by atoms with Crippen molar-refractivity contribution >= 4 is 5.69 Å². The first kappa shape index (κ1) is 10.4. The van der Waals surface area contributed by atoms with Crippen LogP contribution in [0.1, 0.15) is 5.56 Å². The van der Waals surface area contributed by atoms with E-state index < -0.39 is 11.5 Å². The van der Waals surface area contributed by atoms with Gasteiger partial charge in [-0.1, -0.05) is 0 Å². The van der Waals surface area contributed by atoms with Crippen LogP contribution in [0.2, 0.25) is 0 Å². The third-order valence-electron chi connectivity index (χ3n) is 1.60. The van der Waals surface area contributed by atoms with Crippen LogP contribution in [0.25, 0.3) is 0 Å².